The topological polar surface area (TPSA) is 98.5 Å². The third kappa shape index (κ3) is 5.87. The van der Waals surface area contributed by atoms with Crippen molar-refractivity contribution in [1.29, 1.82) is 0 Å². The standard InChI is InChI=1S/C10H15N3O2S.HI/c11-10(12)13-7-4-8-16(14,15)9-5-2-1-3-6-9;/h1-3,5-6H,4,7-8H2,(H4,11,12,13);1H. The predicted molar refractivity (Wildman–Crippen MR) is 79.2 cm³/mol. The number of halogens is 1. The second kappa shape index (κ2) is 7.49. The molecule has 7 heteroatoms. The largest absolute Gasteiger partial charge is 0.370 e. The van der Waals surface area contributed by atoms with E-state index in [1.165, 1.54) is 0 Å². The van der Waals surface area contributed by atoms with Gasteiger partial charge < -0.3 is 11.5 Å². The monoisotopic (exact) mass is 369 g/mol. The average molecular weight is 369 g/mol. The molecule has 0 heterocycles. The Labute approximate surface area is 118 Å². The van der Waals surface area contributed by atoms with Crippen molar-refractivity contribution in [3.8, 4) is 0 Å². The minimum atomic E-state index is -3.21. The van der Waals surface area contributed by atoms with Gasteiger partial charge in [-0.3, -0.25) is 4.99 Å². The lowest BCUT2D eigenvalue weighted by molar-refractivity contribution is 0.593. The molecule has 0 aliphatic rings. The Morgan fingerprint density at radius 1 is 1.18 bits per heavy atom. The summed E-state index contributed by atoms with van der Waals surface area (Å²) in [6.45, 7) is 0.328. The highest BCUT2D eigenvalue weighted by molar-refractivity contribution is 14.0. The van der Waals surface area contributed by atoms with Gasteiger partial charge in [-0.2, -0.15) is 0 Å². The van der Waals surface area contributed by atoms with E-state index in [0.29, 0.717) is 17.9 Å². The van der Waals surface area contributed by atoms with Crippen molar-refractivity contribution in [2.24, 2.45) is 16.5 Å². The molecule has 0 fully saturated rings. The van der Waals surface area contributed by atoms with Crippen molar-refractivity contribution in [2.75, 3.05) is 12.3 Å². The highest BCUT2D eigenvalue weighted by Crippen LogP contribution is 2.10. The zero-order valence-corrected chi connectivity index (χ0v) is 12.4. The second-order valence-corrected chi connectivity index (χ2v) is 5.40. The smallest absolute Gasteiger partial charge is 0.185 e. The Bertz CT molecular complexity index is 456. The molecule has 0 atom stereocenters. The van der Waals surface area contributed by atoms with Crippen LogP contribution in [0.25, 0.3) is 0 Å². The van der Waals surface area contributed by atoms with E-state index < -0.39 is 9.84 Å². The van der Waals surface area contributed by atoms with E-state index in [0.717, 1.165) is 0 Å². The summed E-state index contributed by atoms with van der Waals surface area (Å²) in [6.07, 6.45) is 0.412. The lowest BCUT2D eigenvalue weighted by Crippen LogP contribution is -2.23. The van der Waals surface area contributed by atoms with Crippen LogP contribution < -0.4 is 11.5 Å². The van der Waals surface area contributed by atoms with Crippen LogP contribution in [0.5, 0.6) is 0 Å². The van der Waals surface area contributed by atoms with Crippen LogP contribution in [0.15, 0.2) is 40.2 Å². The molecule has 0 unspecified atom stereocenters. The van der Waals surface area contributed by atoms with E-state index in [1.807, 2.05) is 0 Å². The number of hydrogen-bond acceptors (Lipinski definition) is 3. The second-order valence-electron chi connectivity index (χ2n) is 3.29. The fourth-order valence-corrected chi connectivity index (χ4v) is 2.53. The van der Waals surface area contributed by atoms with Crippen molar-refractivity contribution in [1.82, 2.24) is 0 Å². The van der Waals surface area contributed by atoms with Gasteiger partial charge in [-0.25, -0.2) is 8.42 Å². The molecule has 0 aromatic heterocycles. The van der Waals surface area contributed by atoms with Gasteiger partial charge in [-0.15, -0.1) is 24.0 Å². The summed E-state index contributed by atoms with van der Waals surface area (Å²) < 4.78 is 23.5. The minimum Gasteiger partial charge on any atom is -0.370 e. The van der Waals surface area contributed by atoms with Gasteiger partial charge in [0, 0.05) is 6.54 Å². The molecular weight excluding hydrogens is 353 g/mol. The molecule has 1 aromatic rings. The maximum Gasteiger partial charge on any atom is 0.185 e. The van der Waals surface area contributed by atoms with Gasteiger partial charge >= 0.3 is 0 Å². The summed E-state index contributed by atoms with van der Waals surface area (Å²) in [7, 11) is -3.21. The van der Waals surface area contributed by atoms with Crippen LogP contribution in [0, 0.1) is 0 Å². The van der Waals surface area contributed by atoms with Crippen molar-refractivity contribution in [3.05, 3.63) is 30.3 Å². The van der Waals surface area contributed by atoms with E-state index in [9.17, 15) is 8.42 Å². The minimum absolute atomic E-state index is 0. The summed E-state index contributed by atoms with van der Waals surface area (Å²) in [5.41, 5.74) is 10.3. The molecule has 96 valence electrons. The van der Waals surface area contributed by atoms with Crippen LogP contribution in [0.2, 0.25) is 0 Å². The van der Waals surface area contributed by atoms with E-state index >= 15 is 0 Å². The van der Waals surface area contributed by atoms with E-state index in [-0.39, 0.29) is 35.7 Å². The fraction of sp³-hybridized carbons (Fsp3) is 0.300. The van der Waals surface area contributed by atoms with E-state index in [4.69, 9.17) is 11.5 Å². The number of hydrogen-bond donors (Lipinski definition) is 2. The van der Waals surface area contributed by atoms with Crippen molar-refractivity contribution in [3.63, 3.8) is 0 Å². The fourth-order valence-electron chi connectivity index (χ4n) is 1.21. The zero-order chi connectivity index (χ0) is 12.0. The van der Waals surface area contributed by atoms with E-state index in [1.54, 1.807) is 30.3 Å². The van der Waals surface area contributed by atoms with Crippen molar-refractivity contribution in [2.45, 2.75) is 11.3 Å². The van der Waals surface area contributed by atoms with Crippen LogP contribution >= 0.6 is 24.0 Å². The Morgan fingerprint density at radius 3 is 2.29 bits per heavy atom. The molecule has 0 bridgehead atoms. The van der Waals surface area contributed by atoms with Gasteiger partial charge in [0.1, 0.15) is 0 Å². The SMILES string of the molecule is I.NC(N)=NCCCS(=O)(=O)c1ccccc1. The molecule has 1 rings (SSSR count). The quantitative estimate of drug-likeness (QED) is 0.346. The third-order valence-electron chi connectivity index (χ3n) is 1.97. The summed E-state index contributed by atoms with van der Waals surface area (Å²) >= 11 is 0. The Hall–Kier alpha value is -0.830. The molecule has 0 spiro atoms. The Balaban J connectivity index is 0.00000256. The number of nitrogens with two attached hydrogens (primary N) is 2. The molecule has 0 radical (unpaired) electrons. The first-order chi connectivity index (χ1) is 7.52. The summed E-state index contributed by atoms with van der Waals surface area (Å²) in [4.78, 5) is 4.06. The van der Waals surface area contributed by atoms with Gasteiger partial charge in [0.25, 0.3) is 0 Å². The van der Waals surface area contributed by atoms with Gasteiger partial charge in [-0.1, -0.05) is 18.2 Å². The molecule has 0 saturated heterocycles. The average Bonchev–Trinajstić information content (AvgIpc) is 2.26. The van der Waals surface area contributed by atoms with Crippen molar-refractivity contribution >= 4 is 39.8 Å². The first-order valence-electron chi connectivity index (χ1n) is 4.85. The number of aliphatic imine (C=N–C) groups is 1. The molecule has 1 aromatic carbocycles. The number of rotatable bonds is 5. The van der Waals surface area contributed by atoms with E-state index in [2.05, 4.69) is 4.99 Å². The normalized spacial score (nSPS) is 10.4. The van der Waals surface area contributed by atoms with Crippen LogP contribution in [-0.4, -0.2) is 26.7 Å². The number of sulfone groups is 1. The molecule has 17 heavy (non-hydrogen) atoms. The predicted octanol–water partition coefficient (Wildman–Crippen LogP) is 0.742. The van der Waals surface area contributed by atoms with Crippen LogP contribution in [0.1, 0.15) is 6.42 Å². The maximum atomic E-state index is 11.8. The summed E-state index contributed by atoms with van der Waals surface area (Å²) in [5.74, 6) is 0.0328. The van der Waals surface area contributed by atoms with Crippen LogP contribution in [0.3, 0.4) is 0 Å². The molecule has 5 nitrogen and oxygen atoms in total. The number of guanidine groups is 1. The highest BCUT2D eigenvalue weighted by Gasteiger charge is 2.12. The zero-order valence-electron chi connectivity index (χ0n) is 9.24. The van der Waals surface area contributed by atoms with Gasteiger partial charge in [0.2, 0.25) is 0 Å². The molecule has 0 aliphatic carbocycles. The van der Waals surface area contributed by atoms with Gasteiger partial charge in [-0.05, 0) is 18.6 Å². The van der Waals surface area contributed by atoms with Gasteiger partial charge in [0.15, 0.2) is 15.8 Å². The molecule has 0 aliphatic heterocycles. The Kier molecular flexibility index (Phi) is 7.12. The molecule has 4 N–H and O–H groups in total. The molecule has 0 amide bonds. The van der Waals surface area contributed by atoms with Crippen LogP contribution in [-0.2, 0) is 9.84 Å². The maximum absolute atomic E-state index is 11.8. The van der Waals surface area contributed by atoms with Gasteiger partial charge in [0.05, 0.1) is 10.6 Å². The highest BCUT2D eigenvalue weighted by atomic mass is 127. The first-order valence-corrected chi connectivity index (χ1v) is 6.51. The van der Waals surface area contributed by atoms with Crippen molar-refractivity contribution < 1.29 is 8.42 Å². The molecular formula is C10H16IN3O2S. The summed E-state index contributed by atoms with van der Waals surface area (Å²) in [6, 6.07) is 8.33. The van der Waals surface area contributed by atoms with Crippen LogP contribution in [0.4, 0.5) is 0 Å². The number of benzene rings is 1. The molecule has 0 saturated carbocycles. The lowest BCUT2D eigenvalue weighted by Gasteiger charge is -2.02. The number of nitrogens with zero attached hydrogens (tertiary/aromatic N) is 1. The third-order valence-corrected chi connectivity index (χ3v) is 3.78. The first kappa shape index (κ1) is 16.2. The lowest BCUT2D eigenvalue weighted by atomic mass is 10.4. The summed E-state index contributed by atoms with van der Waals surface area (Å²) in [5, 5.41) is 0. The Morgan fingerprint density at radius 2 is 1.76 bits per heavy atom.